The zero-order chi connectivity index (χ0) is 23.4. The second kappa shape index (κ2) is 7.97. The highest BCUT2D eigenvalue weighted by atomic mass is 79.9. The van der Waals surface area contributed by atoms with Crippen molar-refractivity contribution in [2.75, 3.05) is 0 Å². The third-order valence-corrected chi connectivity index (χ3v) is 7.12. The number of aromatic nitrogens is 3. The normalized spacial score (nSPS) is 11.6. The van der Waals surface area contributed by atoms with Crippen LogP contribution in [0.3, 0.4) is 0 Å². The molecule has 0 unspecified atom stereocenters. The molecule has 2 aromatic heterocycles. The van der Waals surface area contributed by atoms with Gasteiger partial charge in [0, 0.05) is 32.2 Å². The first-order valence-corrected chi connectivity index (χ1v) is 12.4. The number of halogens is 1. The molecule has 0 fully saturated rings. The molecule has 2 heterocycles. The fraction of sp³-hybridized carbons (Fsp3) is 0. The maximum Gasteiger partial charge on any atom is 0.145 e. The van der Waals surface area contributed by atoms with Gasteiger partial charge < -0.3 is 4.57 Å². The molecule has 0 aliphatic carbocycles. The van der Waals surface area contributed by atoms with Crippen LogP contribution in [0, 0.1) is 0 Å². The molecular weight excluding hydrogens is 494 g/mol. The molecule has 7 aromatic rings. The Morgan fingerprint density at radius 2 is 1.17 bits per heavy atom. The lowest BCUT2D eigenvalue weighted by Gasteiger charge is -2.11. The Bertz CT molecular complexity index is 1840. The number of para-hydroxylation sites is 4. The summed E-state index contributed by atoms with van der Waals surface area (Å²) in [5.41, 5.74) is 7.76. The smallest absolute Gasteiger partial charge is 0.145 e. The van der Waals surface area contributed by atoms with Gasteiger partial charge in [-0.25, -0.2) is 4.98 Å². The molecular formula is C31H20BrN3. The Labute approximate surface area is 211 Å². The van der Waals surface area contributed by atoms with Crippen LogP contribution in [0.1, 0.15) is 0 Å². The SMILES string of the molecule is Brc1ccc(-n2c3ccccc3c3ccc(-c4nc5ccccc5n4-c4ccccc4)cc32)cc1. The van der Waals surface area contributed by atoms with E-state index in [1.54, 1.807) is 0 Å². The van der Waals surface area contributed by atoms with Crippen LogP contribution in [0.4, 0.5) is 0 Å². The summed E-state index contributed by atoms with van der Waals surface area (Å²) in [4.78, 5) is 5.08. The van der Waals surface area contributed by atoms with E-state index in [1.807, 2.05) is 12.1 Å². The second-order valence-electron chi connectivity index (χ2n) is 8.66. The van der Waals surface area contributed by atoms with Crippen LogP contribution < -0.4 is 0 Å². The largest absolute Gasteiger partial charge is 0.309 e. The highest BCUT2D eigenvalue weighted by Crippen LogP contribution is 2.36. The first-order valence-electron chi connectivity index (χ1n) is 11.6. The molecule has 0 saturated carbocycles. The van der Waals surface area contributed by atoms with E-state index in [0.717, 1.165) is 43.8 Å². The fourth-order valence-electron chi connectivity index (χ4n) is 5.04. The Hall–Kier alpha value is -4.15. The van der Waals surface area contributed by atoms with Crippen molar-refractivity contribution < 1.29 is 0 Å². The van der Waals surface area contributed by atoms with Crippen molar-refractivity contribution in [1.29, 1.82) is 0 Å². The van der Waals surface area contributed by atoms with E-state index in [2.05, 4.69) is 134 Å². The van der Waals surface area contributed by atoms with Crippen LogP contribution in [0.25, 0.3) is 55.6 Å². The number of imidazole rings is 1. The van der Waals surface area contributed by atoms with Crippen molar-refractivity contribution in [3.05, 3.63) is 126 Å². The average Bonchev–Trinajstić information content (AvgIpc) is 3.46. The maximum absolute atomic E-state index is 5.08. The number of hydrogen-bond acceptors (Lipinski definition) is 1. The van der Waals surface area contributed by atoms with E-state index in [-0.39, 0.29) is 0 Å². The predicted molar refractivity (Wildman–Crippen MR) is 149 cm³/mol. The van der Waals surface area contributed by atoms with Gasteiger partial charge in [-0.1, -0.05) is 76.6 Å². The van der Waals surface area contributed by atoms with Crippen LogP contribution in [0.2, 0.25) is 0 Å². The lowest BCUT2D eigenvalue weighted by molar-refractivity contribution is 1.10. The van der Waals surface area contributed by atoms with Gasteiger partial charge in [0.05, 0.1) is 22.1 Å². The molecule has 4 heteroatoms. The van der Waals surface area contributed by atoms with E-state index in [4.69, 9.17) is 4.98 Å². The zero-order valence-corrected chi connectivity index (χ0v) is 20.4. The van der Waals surface area contributed by atoms with Gasteiger partial charge in [0.1, 0.15) is 5.82 Å². The third kappa shape index (κ3) is 3.22. The van der Waals surface area contributed by atoms with E-state index < -0.39 is 0 Å². The number of rotatable bonds is 3. The Kier molecular flexibility index (Phi) is 4.61. The van der Waals surface area contributed by atoms with Crippen molar-refractivity contribution in [3.63, 3.8) is 0 Å². The fourth-order valence-corrected chi connectivity index (χ4v) is 5.30. The quantitative estimate of drug-likeness (QED) is 0.232. The Morgan fingerprint density at radius 1 is 0.514 bits per heavy atom. The Balaban J connectivity index is 1.55. The Morgan fingerprint density at radius 3 is 2.00 bits per heavy atom. The molecule has 35 heavy (non-hydrogen) atoms. The van der Waals surface area contributed by atoms with Crippen molar-refractivity contribution in [2.24, 2.45) is 0 Å². The standard InChI is InChI=1S/C31H20BrN3/c32-22-15-17-24(18-16-22)34-28-12-6-4-10-25(28)26-19-14-21(20-30(26)34)31-33-27-11-5-7-13-29(27)35(31)23-8-2-1-3-9-23/h1-20H. The number of benzene rings is 5. The van der Waals surface area contributed by atoms with Gasteiger partial charge in [0.2, 0.25) is 0 Å². The van der Waals surface area contributed by atoms with E-state index in [0.29, 0.717) is 0 Å². The van der Waals surface area contributed by atoms with Gasteiger partial charge in [-0.05, 0) is 60.7 Å². The summed E-state index contributed by atoms with van der Waals surface area (Å²) in [6, 6.07) is 42.6. The minimum absolute atomic E-state index is 0.937. The van der Waals surface area contributed by atoms with E-state index >= 15 is 0 Å². The highest BCUT2D eigenvalue weighted by Gasteiger charge is 2.17. The zero-order valence-electron chi connectivity index (χ0n) is 18.8. The molecule has 0 atom stereocenters. The molecule has 0 spiro atoms. The molecule has 7 rings (SSSR count). The van der Waals surface area contributed by atoms with Crippen LogP contribution in [0.5, 0.6) is 0 Å². The molecule has 0 aliphatic rings. The first kappa shape index (κ1) is 20.2. The monoisotopic (exact) mass is 513 g/mol. The summed E-state index contributed by atoms with van der Waals surface area (Å²) in [6.07, 6.45) is 0. The highest BCUT2D eigenvalue weighted by molar-refractivity contribution is 9.10. The minimum atomic E-state index is 0.937. The molecule has 0 bridgehead atoms. The maximum atomic E-state index is 5.08. The summed E-state index contributed by atoms with van der Waals surface area (Å²) >= 11 is 3.58. The summed E-state index contributed by atoms with van der Waals surface area (Å²) in [5, 5.41) is 2.48. The topological polar surface area (TPSA) is 22.8 Å². The minimum Gasteiger partial charge on any atom is -0.309 e. The predicted octanol–water partition coefficient (Wildman–Crippen LogP) is 8.55. The van der Waals surface area contributed by atoms with Crippen LogP contribution in [-0.2, 0) is 0 Å². The van der Waals surface area contributed by atoms with Gasteiger partial charge >= 0.3 is 0 Å². The average molecular weight is 514 g/mol. The van der Waals surface area contributed by atoms with E-state index in [9.17, 15) is 0 Å². The van der Waals surface area contributed by atoms with Crippen molar-refractivity contribution in [1.82, 2.24) is 14.1 Å². The van der Waals surface area contributed by atoms with Crippen molar-refractivity contribution in [3.8, 4) is 22.8 Å². The third-order valence-electron chi connectivity index (χ3n) is 6.59. The molecule has 0 radical (unpaired) electrons. The van der Waals surface area contributed by atoms with Crippen molar-refractivity contribution in [2.45, 2.75) is 0 Å². The van der Waals surface area contributed by atoms with Gasteiger partial charge in [-0.2, -0.15) is 0 Å². The lowest BCUT2D eigenvalue weighted by Crippen LogP contribution is -1.98. The second-order valence-corrected chi connectivity index (χ2v) is 9.57. The van der Waals surface area contributed by atoms with Gasteiger partial charge in [-0.15, -0.1) is 0 Å². The van der Waals surface area contributed by atoms with Crippen LogP contribution in [0.15, 0.2) is 126 Å². The molecule has 0 N–H and O–H groups in total. The van der Waals surface area contributed by atoms with Gasteiger partial charge in [0.15, 0.2) is 0 Å². The number of hydrogen-bond donors (Lipinski definition) is 0. The summed E-state index contributed by atoms with van der Waals surface area (Å²) < 4.78 is 5.67. The number of fused-ring (bicyclic) bond motifs is 4. The summed E-state index contributed by atoms with van der Waals surface area (Å²) in [7, 11) is 0. The molecule has 0 saturated heterocycles. The molecule has 166 valence electrons. The lowest BCUT2D eigenvalue weighted by atomic mass is 10.1. The van der Waals surface area contributed by atoms with Crippen LogP contribution in [-0.4, -0.2) is 14.1 Å². The summed E-state index contributed by atoms with van der Waals surface area (Å²) in [5.74, 6) is 0.937. The van der Waals surface area contributed by atoms with E-state index in [1.165, 1.54) is 16.3 Å². The van der Waals surface area contributed by atoms with Gasteiger partial charge in [0.25, 0.3) is 0 Å². The van der Waals surface area contributed by atoms with Gasteiger partial charge in [-0.3, -0.25) is 4.57 Å². The summed E-state index contributed by atoms with van der Waals surface area (Å²) in [6.45, 7) is 0. The first-order chi connectivity index (χ1) is 17.3. The van der Waals surface area contributed by atoms with Crippen molar-refractivity contribution >= 4 is 48.8 Å². The molecule has 0 aliphatic heterocycles. The molecule has 5 aromatic carbocycles. The molecule has 0 amide bonds. The number of nitrogens with zero attached hydrogens (tertiary/aromatic N) is 3. The van der Waals surface area contributed by atoms with Crippen LogP contribution >= 0.6 is 15.9 Å². The molecule has 3 nitrogen and oxygen atoms in total.